The molecule has 0 amide bonds. The predicted molar refractivity (Wildman–Crippen MR) is 102 cm³/mol. The molecule has 4 nitrogen and oxygen atoms in total. The van der Waals surface area contributed by atoms with Crippen LogP contribution in [-0.4, -0.2) is 19.7 Å². The second-order valence-corrected chi connectivity index (χ2v) is 6.94. The molecule has 0 aliphatic heterocycles. The van der Waals surface area contributed by atoms with Gasteiger partial charge in [0, 0.05) is 16.8 Å². The van der Waals surface area contributed by atoms with E-state index in [0.29, 0.717) is 5.75 Å². The molecule has 0 saturated heterocycles. The van der Waals surface area contributed by atoms with E-state index in [0.717, 1.165) is 38.0 Å². The van der Waals surface area contributed by atoms with E-state index in [9.17, 15) is 0 Å². The number of pyridine rings is 1. The average molecular weight is 367 g/mol. The number of nitrogens with zero attached hydrogens (tertiary/aromatic N) is 4. The normalized spacial score (nSPS) is 11.1. The summed E-state index contributed by atoms with van der Waals surface area (Å²) in [5, 5.41) is 10.9. The van der Waals surface area contributed by atoms with Crippen LogP contribution in [0, 0.1) is 6.92 Å². The largest absolute Gasteiger partial charge is 0.277 e. The summed E-state index contributed by atoms with van der Waals surface area (Å²) < 4.78 is 1.96. The molecule has 0 atom stereocenters. The summed E-state index contributed by atoms with van der Waals surface area (Å²) in [6.45, 7) is 2.03. The lowest BCUT2D eigenvalue weighted by molar-refractivity contribution is 0.883. The van der Waals surface area contributed by atoms with Gasteiger partial charge in [0.05, 0.1) is 16.2 Å². The van der Waals surface area contributed by atoms with Crippen LogP contribution in [0.15, 0.2) is 66.1 Å². The highest BCUT2D eigenvalue weighted by atomic mass is 35.5. The third-order valence-corrected chi connectivity index (χ3v) is 5.49. The Bertz CT molecular complexity index is 1030. The van der Waals surface area contributed by atoms with Crippen LogP contribution in [0.3, 0.4) is 0 Å². The third-order valence-electron chi connectivity index (χ3n) is 4.03. The van der Waals surface area contributed by atoms with Gasteiger partial charge in [0.2, 0.25) is 0 Å². The highest BCUT2D eigenvalue weighted by Crippen LogP contribution is 2.31. The number of hydrogen-bond acceptors (Lipinski definition) is 4. The van der Waals surface area contributed by atoms with Gasteiger partial charge in [-0.05, 0) is 30.7 Å². The van der Waals surface area contributed by atoms with Gasteiger partial charge in [-0.3, -0.25) is 9.55 Å². The van der Waals surface area contributed by atoms with Crippen molar-refractivity contribution >= 4 is 34.3 Å². The number of benzene rings is 2. The zero-order valence-corrected chi connectivity index (χ0v) is 15.1. The van der Waals surface area contributed by atoms with E-state index in [4.69, 9.17) is 16.6 Å². The van der Waals surface area contributed by atoms with Crippen molar-refractivity contribution in [2.75, 3.05) is 0 Å². The van der Waals surface area contributed by atoms with Crippen molar-refractivity contribution < 1.29 is 0 Å². The summed E-state index contributed by atoms with van der Waals surface area (Å²) in [7, 11) is 0. The van der Waals surface area contributed by atoms with Gasteiger partial charge in [0.15, 0.2) is 5.16 Å². The van der Waals surface area contributed by atoms with E-state index >= 15 is 0 Å². The van der Waals surface area contributed by atoms with Gasteiger partial charge < -0.3 is 0 Å². The maximum atomic E-state index is 6.55. The van der Waals surface area contributed by atoms with E-state index in [1.807, 2.05) is 66.1 Å². The smallest absolute Gasteiger partial charge is 0.195 e. The van der Waals surface area contributed by atoms with Gasteiger partial charge in [-0.1, -0.05) is 59.8 Å². The summed E-state index contributed by atoms with van der Waals surface area (Å²) >= 11 is 8.13. The molecule has 0 fully saturated rings. The summed E-state index contributed by atoms with van der Waals surface area (Å²) in [4.78, 5) is 4.73. The topological polar surface area (TPSA) is 43.6 Å². The molecule has 2 heterocycles. The van der Waals surface area contributed by atoms with Gasteiger partial charge in [-0.25, -0.2) is 0 Å². The Morgan fingerprint density at radius 1 is 1.04 bits per heavy atom. The summed E-state index contributed by atoms with van der Waals surface area (Å²) in [6.07, 6.45) is 1.72. The number of aryl methyl sites for hydroxylation is 1. The molecule has 0 unspecified atom stereocenters. The van der Waals surface area contributed by atoms with E-state index in [2.05, 4.69) is 10.2 Å². The van der Waals surface area contributed by atoms with Gasteiger partial charge in [0.1, 0.15) is 6.33 Å². The zero-order valence-electron chi connectivity index (χ0n) is 13.6. The molecule has 0 bridgehead atoms. The molecule has 0 aliphatic rings. The van der Waals surface area contributed by atoms with Crippen LogP contribution >= 0.6 is 23.4 Å². The lowest BCUT2D eigenvalue weighted by Crippen LogP contribution is -1.97. The Hall–Kier alpha value is -2.37. The molecule has 25 heavy (non-hydrogen) atoms. The molecule has 6 heteroatoms. The van der Waals surface area contributed by atoms with Crippen LogP contribution in [0.2, 0.25) is 5.02 Å². The SMILES string of the molecule is Cc1c(Cl)c(CSc2nncn2-c2ccccc2)nc2ccccc12. The Morgan fingerprint density at radius 2 is 1.80 bits per heavy atom. The van der Waals surface area contributed by atoms with E-state index < -0.39 is 0 Å². The van der Waals surface area contributed by atoms with Crippen molar-refractivity contribution in [1.29, 1.82) is 0 Å². The fourth-order valence-corrected chi connectivity index (χ4v) is 3.90. The minimum Gasteiger partial charge on any atom is -0.277 e. The summed E-state index contributed by atoms with van der Waals surface area (Å²) in [5.74, 6) is 0.635. The average Bonchev–Trinajstić information content (AvgIpc) is 3.13. The van der Waals surface area contributed by atoms with Crippen molar-refractivity contribution in [3.05, 3.63) is 77.2 Å². The summed E-state index contributed by atoms with van der Waals surface area (Å²) in [5.41, 5.74) is 3.92. The molecule has 0 aliphatic carbocycles. The maximum Gasteiger partial charge on any atom is 0.195 e. The minimum absolute atomic E-state index is 0.635. The standard InChI is InChI=1S/C19H15ClN4S/c1-13-15-9-5-6-10-16(15)22-17(18(13)20)11-25-19-23-21-12-24(19)14-7-3-2-4-8-14/h2-10,12H,11H2,1H3. The predicted octanol–water partition coefficient (Wildman–Crippen LogP) is 5.07. The van der Waals surface area contributed by atoms with E-state index in [-0.39, 0.29) is 0 Å². The van der Waals surface area contributed by atoms with Crippen LogP contribution < -0.4 is 0 Å². The number of para-hydroxylation sites is 2. The van der Waals surface area contributed by atoms with Gasteiger partial charge in [0.25, 0.3) is 0 Å². The van der Waals surface area contributed by atoms with Crippen molar-refractivity contribution in [1.82, 2.24) is 19.7 Å². The number of aromatic nitrogens is 4. The van der Waals surface area contributed by atoms with E-state index in [1.165, 1.54) is 0 Å². The Labute approximate surface area is 154 Å². The van der Waals surface area contributed by atoms with Crippen LogP contribution in [0.4, 0.5) is 0 Å². The Morgan fingerprint density at radius 3 is 2.64 bits per heavy atom. The highest BCUT2D eigenvalue weighted by molar-refractivity contribution is 7.98. The number of rotatable bonds is 4. The second-order valence-electron chi connectivity index (χ2n) is 5.62. The Balaban J connectivity index is 1.64. The van der Waals surface area contributed by atoms with Gasteiger partial charge in [-0.15, -0.1) is 10.2 Å². The first-order valence-electron chi connectivity index (χ1n) is 7.86. The highest BCUT2D eigenvalue weighted by Gasteiger charge is 2.13. The number of hydrogen-bond donors (Lipinski definition) is 0. The number of halogens is 1. The molecule has 0 saturated carbocycles. The van der Waals surface area contributed by atoms with Crippen molar-refractivity contribution in [3.63, 3.8) is 0 Å². The zero-order chi connectivity index (χ0) is 17.2. The third kappa shape index (κ3) is 3.13. The molecular formula is C19H15ClN4S. The Kier molecular flexibility index (Phi) is 4.42. The van der Waals surface area contributed by atoms with Gasteiger partial charge >= 0.3 is 0 Å². The fourth-order valence-electron chi connectivity index (χ4n) is 2.73. The number of fused-ring (bicyclic) bond motifs is 1. The van der Waals surface area contributed by atoms with Crippen LogP contribution in [-0.2, 0) is 5.75 Å². The van der Waals surface area contributed by atoms with Crippen LogP contribution in [0.1, 0.15) is 11.3 Å². The molecule has 0 N–H and O–H groups in total. The maximum absolute atomic E-state index is 6.55. The molecule has 0 spiro atoms. The van der Waals surface area contributed by atoms with Gasteiger partial charge in [-0.2, -0.15) is 0 Å². The lowest BCUT2D eigenvalue weighted by atomic mass is 10.1. The molecule has 2 aromatic heterocycles. The van der Waals surface area contributed by atoms with Crippen molar-refractivity contribution in [2.24, 2.45) is 0 Å². The van der Waals surface area contributed by atoms with Crippen LogP contribution in [0.25, 0.3) is 16.6 Å². The number of thioether (sulfide) groups is 1. The first-order chi connectivity index (χ1) is 12.2. The quantitative estimate of drug-likeness (QED) is 0.473. The minimum atomic E-state index is 0.635. The molecule has 4 aromatic rings. The van der Waals surface area contributed by atoms with Crippen molar-refractivity contribution in [2.45, 2.75) is 17.8 Å². The first-order valence-corrected chi connectivity index (χ1v) is 9.22. The second kappa shape index (κ2) is 6.86. The summed E-state index contributed by atoms with van der Waals surface area (Å²) in [6, 6.07) is 18.1. The monoisotopic (exact) mass is 366 g/mol. The molecule has 2 aromatic carbocycles. The lowest BCUT2D eigenvalue weighted by Gasteiger charge is -2.10. The first kappa shape index (κ1) is 16.1. The van der Waals surface area contributed by atoms with E-state index in [1.54, 1.807) is 18.1 Å². The molecule has 124 valence electrons. The fraction of sp³-hybridized carbons (Fsp3) is 0.105. The van der Waals surface area contributed by atoms with Crippen molar-refractivity contribution in [3.8, 4) is 5.69 Å². The molecule has 4 rings (SSSR count). The van der Waals surface area contributed by atoms with Crippen LogP contribution in [0.5, 0.6) is 0 Å². The molecular weight excluding hydrogens is 352 g/mol. The molecule has 0 radical (unpaired) electrons.